The van der Waals surface area contributed by atoms with Gasteiger partial charge < -0.3 is 0 Å². The predicted molar refractivity (Wildman–Crippen MR) is 67.7 cm³/mol. The summed E-state index contributed by atoms with van der Waals surface area (Å²) in [7, 11) is 0. The summed E-state index contributed by atoms with van der Waals surface area (Å²) in [5.41, 5.74) is 1.08. The summed E-state index contributed by atoms with van der Waals surface area (Å²) >= 11 is 8.24. The highest BCUT2D eigenvalue weighted by atomic mass is 127. The van der Waals surface area contributed by atoms with Crippen molar-refractivity contribution in [1.82, 2.24) is 9.97 Å². The van der Waals surface area contributed by atoms with Crippen LogP contribution in [0.1, 0.15) is 32.3 Å². The minimum atomic E-state index is 0.591. The van der Waals surface area contributed by atoms with Crippen LogP contribution in [-0.2, 0) is 12.8 Å². The first-order chi connectivity index (χ1) is 6.54. The summed E-state index contributed by atoms with van der Waals surface area (Å²) in [6.45, 7) is 6.40. The SMILES string of the molecule is CCc1nc(Cl)c(I)c(CC(C)C)n1. The monoisotopic (exact) mass is 324 g/mol. The Morgan fingerprint density at radius 2 is 2.00 bits per heavy atom. The number of rotatable bonds is 3. The highest BCUT2D eigenvalue weighted by Crippen LogP contribution is 2.21. The van der Waals surface area contributed by atoms with E-state index in [-0.39, 0.29) is 0 Å². The molecule has 0 aliphatic rings. The molecule has 0 radical (unpaired) electrons. The Morgan fingerprint density at radius 1 is 1.36 bits per heavy atom. The number of hydrogen-bond donors (Lipinski definition) is 0. The first-order valence-corrected chi connectivity index (χ1v) is 6.21. The van der Waals surface area contributed by atoms with Crippen LogP contribution in [-0.4, -0.2) is 9.97 Å². The maximum absolute atomic E-state index is 6.02. The first kappa shape index (κ1) is 12.2. The molecule has 0 saturated heterocycles. The molecule has 0 atom stereocenters. The van der Waals surface area contributed by atoms with Crippen molar-refractivity contribution >= 4 is 34.2 Å². The van der Waals surface area contributed by atoms with E-state index in [2.05, 4.69) is 46.4 Å². The third kappa shape index (κ3) is 3.05. The van der Waals surface area contributed by atoms with Crippen LogP contribution in [0.2, 0.25) is 5.15 Å². The van der Waals surface area contributed by atoms with Crippen molar-refractivity contribution in [3.63, 3.8) is 0 Å². The molecule has 0 aliphatic carbocycles. The van der Waals surface area contributed by atoms with Crippen LogP contribution in [0.5, 0.6) is 0 Å². The zero-order valence-electron chi connectivity index (χ0n) is 8.64. The van der Waals surface area contributed by atoms with Gasteiger partial charge >= 0.3 is 0 Å². The Kier molecular flexibility index (Phi) is 4.57. The summed E-state index contributed by atoms with van der Waals surface area (Å²) in [5.74, 6) is 1.44. The summed E-state index contributed by atoms with van der Waals surface area (Å²) in [6.07, 6.45) is 1.80. The minimum Gasteiger partial charge on any atom is -0.237 e. The topological polar surface area (TPSA) is 25.8 Å². The van der Waals surface area contributed by atoms with Crippen molar-refractivity contribution in [2.75, 3.05) is 0 Å². The molecule has 0 N–H and O–H groups in total. The largest absolute Gasteiger partial charge is 0.237 e. The molecule has 0 unspecified atom stereocenters. The van der Waals surface area contributed by atoms with E-state index in [0.717, 1.165) is 27.9 Å². The van der Waals surface area contributed by atoms with Crippen molar-refractivity contribution in [1.29, 1.82) is 0 Å². The highest BCUT2D eigenvalue weighted by molar-refractivity contribution is 14.1. The van der Waals surface area contributed by atoms with Crippen LogP contribution in [0.25, 0.3) is 0 Å². The van der Waals surface area contributed by atoms with E-state index in [1.807, 2.05) is 6.92 Å². The van der Waals surface area contributed by atoms with E-state index < -0.39 is 0 Å². The fourth-order valence-corrected chi connectivity index (χ4v) is 1.86. The Morgan fingerprint density at radius 3 is 2.50 bits per heavy atom. The quantitative estimate of drug-likeness (QED) is 0.628. The van der Waals surface area contributed by atoms with Gasteiger partial charge in [0.1, 0.15) is 11.0 Å². The Balaban J connectivity index is 3.07. The average molecular weight is 325 g/mol. The van der Waals surface area contributed by atoms with Gasteiger partial charge in [-0.05, 0) is 34.9 Å². The van der Waals surface area contributed by atoms with Crippen LogP contribution in [0.4, 0.5) is 0 Å². The van der Waals surface area contributed by atoms with E-state index in [4.69, 9.17) is 11.6 Å². The van der Waals surface area contributed by atoms with Gasteiger partial charge in [0, 0.05) is 6.42 Å². The lowest BCUT2D eigenvalue weighted by Gasteiger charge is -2.09. The maximum Gasteiger partial charge on any atom is 0.146 e. The maximum atomic E-state index is 6.02. The van der Waals surface area contributed by atoms with E-state index in [1.165, 1.54) is 0 Å². The molecule has 0 aliphatic heterocycles. The molecular formula is C10H14ClIN2. The molecule has 1 aromatic heterocycles. The van der Waals surface area contributed by atoms with E-state index >= 15 is 0 Å². The van der Waals surface area contributed by atoms with Gasteiger partial charge in [-0.25, -0.2) is 9.97 Å². The third-order valence-corrected chi connectivity index (χ3v) is 3.57. The third-order valence-electron chi connectivity index (χ3n) is 1.84. The van der Waals surface area contributed by atoms with Crippen molar-refractivity contribution in [3.05, 3.63) is 20.2 Å². The average Bonchev–Trinajstić information content (AvgIpc) is 2.11. The van der Waals surface area contributed by atoms with Gasteiger partial charge in [0.15, 0.2) is 0 Å². The smallest absolute Gasteiger partial charge is 0.146 e. The van der Waals surface area contributed by atoms with E-state index in [1.54, 1.807) is 0 Å². The molecule has 0 amide bonds. The minimum absolute atomic E-state index is 0.591. The summed E-state index contributed by atoms with van der Waals surface area (Å²) < 4.78 is 0.996. The zero-order valence-corrected chi connectivity index (χ0v) is 11.6. The van der Waals surface area contributed by atoms with Crippen LogP contribution in [0.15, 0.2) is 0 Å². The molecule has 4 heteroatoms. The molecule has 0 fully saturated rings. The molecule has 14 heavy (non-hydrogen) atoms. The lowest BCUT2D eigenvalue weighted by Crippen LogP contribution is -2.05. The van der Waals surface area contributed by atoms with Crippen molar-refractivity contribution in [2.45, 2.75) is 33.6 Å². The number of aromatic nitrogens is 2. The number of nitrogens with zero attached hydrogens (tertiary/aromatic N) is 2. The molecule has 78 valence electrons. The van der Waals surface area contributed by atoms with Crippen molar-refractivity contribution in [3.8, 4) is 0 Å². The fraction of sp³-hybridized carbons (Fsp3) is 0.600. The summed E-state index contributed by atoms with van der Waals surface area (Å²) in [6, 6.07) is 0. The molecule has 0 saturated carbocycles. The highest BCUT2D eigenvalue weighted by Gasteiger charge is 2.10. The predicted octanol–water partition coefficient (Wildman–Crippen LogP) is 3.50. The second-order valence-electron chi connectivity index (χ2n) is 3.64. The molecule has 0 spiro atoms. The van der Waals surface area contributed by atoms with E-state index in [9.17, 15) is 0 Å². The van der Waals surface area contributed by atoms with Gasteiger partial charge in [-0.2, -0.15) is 0 Å². The van der Waals surface area contributed by atoms with Gasteiger partial charge in [0.25, 0.3) is 0 Å². The second kappa shape index (κ2) is 5.26. The number of aryl methyl sites for hydroxylation is 1. The zero-order chi connectivity index (χ0) is 10.7. The lowest BCUT2D eigenvalue weighted by atomic mass is 10.1. The molecule has 1 aromatic rings. The number of halogens is 2. The van der Waals surface area contributed by atoms with Gasteiger partial charge in [0.05, 0.1) is 9.26 Å². The van der Waals surface area contributed by atoms with Crippen LogP contribution >= 0.6 is 34.2 Å². The van der Waals surface area contributed by atoms with E-state index in [0.29, 0.717) is 11.1 Å². The molecule has 0 aromatic carbocycles. The molecular weight excluding hydrogens is 310 g/mol. The number of hydrogen-bond acceptors (Lipinski definition) is 2. The summed E-state index contributed by atoms with van der Waals surface area (Å²) in [5, 5.41) is 0.591. The second-order valence-corrected chi connectivity index (χ2v) is 5.08. The van der Waals surface area contributed by atoms with Crippen molar-refractivity contribution in [2.24, 2.45) is 5.92 Å². The van der Waals surface area contributed by atoms with Crippen molar-refractivity contribution < 1.29 is 0 Å². The normalized spacial score (nSPS) is 11.0. The van der Waals surface area contributed by atoms with Gasteiger partial charge in [-0.1, -0.05) is 32.4 Å². The van der Waals surface area contributed by atoms with Gasteiger partial charge in [0.2, 0.25) is 0 Å². The van der Waals surface area contributed by atoms with Gasteiger partial charge in [-0.15, -0.1) is 0 Å². The Hall–Kier alpha value is 0.1000. The lowest BCUT2D eigenvalue weighted by molar-refractivity contribution is 0.627. The summed E-state index contributed by atoms with van der Waals surface area (Å²) in [4.78, 5) is 8.69. The van der Waals surface area contributed by atoms with Gasteiger partial charge in [-0.3, -0.25) is 0 Å². The van der Waals surface area contributed by atoms with Crippen LogP contribution in [0.3, 0.4) is 0 Å². The fourth-order valence-electron chi connectivity index (χ4n) is 1.19. The molecule has 1 heterocycles. The standard InChI is InChI=1S/C10H14ClIN2/c1-4-8-13-7(5-6(2)3)9(12)10(11)14-8/h6H,4-5H2,1-3H3. The first-order valence-electron chi connectivity index (χ1n) is 4.75. The molecule has 1 rings (SSSR count). The van der Waals surface area contributed by atoms with Crippen LogP contribution in [0, 0.1) is 9.49 Å². The Bertz CT molecular complexity index is 326. The molecule has 0 bridgehead atoms. The van der Waals surface area contributed by atoms with Crippen LogP contribution < -0.4 is 0 Å². The Labute approximate surface area is 104 Å². The molecule has 2 nitrogen and oxygen atoms in total.